The van der Waals surface area contributed by atoms with E-state index in [2.05, 4.69) is 121 Å². The van der Waals surface area contributed by atoms with Crippen molar-refractivity contribution in [3.05, 3.63) is 112 Å². The first kappa shape index (κ1) is 24.9. The number of allylic oxidation sites excluding steroid dienone is 2. The van der Waals surface area contributed by atoms with Crippen molar-refractivity contribution in [3.63, 3.8) is 0 Å². The summed E-state index contributed by atoms with van der Waals surface area (Å²) in [6.07, 6.45) is 15.9. The molecular weight excluding hydrogens is 427 g/mol. The van der Waals surface area contributed by atoms with Gasteiger partial charge in [0, 0.05) is 29.1 Å². The lowest BCUT2D eigenvalue weighted by atomic mass is 9.94. The minimum atomic E-state index is 0. The van der Waals surface area contributed by atoms with Gasteiger partial charge >= 0.3 is 7.55 Å². The molecule has 0 amide bonds. The van der Waals surface area contributed by atoms with E-state index in [0.29, 0.717) is 6.54 Å². The third-order valence-electron chi connectivity index (χ3n) is 5.92. The van der Waals surface area contributed by atoms with Crippen LogP contribution in [0.1, 0.15) is 40.1 Å². The molecular formula is C28H28BF2N3+. The van der Waals surface area contributed by atoms with Crippen LogP contribution in [0.2, 0.25) is 0 Å². The highest BCUT2D eigenvalue weighted by Crippen LogP contribution is 2.33. The third kappa shape index (κ3) is 4.92. The highest BCUT2D eigenvalue weighted by Gasteiger charge is 2.34. The highest BCUT2D eigenvalue weighted by atomic mass is 19.0. The predicted molar refractivity (Wildman–Crippen MR) is 142 cm³/mol. The summed E-state index contributed by atoms with van der Waals surface area (Å²) < 4.78 is 4.46. The second-order valence-corrected chi connectivity index (χ2v) is 8.15. The van der Waals surface area contributed by atoms with E-state index in [1.165, 1.54) is 44.9 Å². The molecule has 0 atom stereocenters. The van der Waals surface area contributed by atoms with Gasteiger partial charge in [0.2, 0.25) is 0 Å². The molecule has 0 fully saturated rings. The molecule has 5 rings (SSSR count). The fourth-order valence-electron chi connectivity index (χ4n) is 4.36. The number of halogens is 2. The summed E-state index contributed by atoms with van der Waals surface area (Å²) in [5, 5.41) is 0. The van der Waals surface area contributed by atoms with E-state index in [1.807, 2.05) is 6.07 Å². The summed E-state index contributed by atoms with van der Waals surface area (Å²) in [6.45, 7) is 2.82. The van der Waals surface area contributed by atoms with E-state index in [0.717, 1.165) is 6.42 Å². The normalized spacial score (nSPS) is 13.9. The fraction of sp³-hybridized carbons (Fsp3) is 0.107. The lowest BCUT2D eigenvalue weighted by Gasteiger charge is -2.18. The maximum absolute atomic E-state index is 5.93. The van der Waals surface area contributed by atoms with Crippen LogP contribution in [0.15, 0.2) is 78.5 Å². The Kier molecular flexibility index (Phi) is 7.97. The Morgan fingerprint density at radius 3 is 2.15 bits per heavy atom. The van der Waals surface area contributed by atoms with E-state index < -0.39 is 0 Å². The van der Waals surface area contributed by atoms with Crippen LogP contribution >= 0.6 is 0 Å². The molecule has 0 unspecified atom stereocenters. The molecule has 2 aliphatic heterocycles. The number of benzene rings is 2. The second-order valence-electron chi connectivity index (χ2n) is 8.15. The van der Waals surface area contributed by atoms with Crippen LogP contribution in [0.3, 0.4) is 0 Å². The van der Waals surface area contributed by atoms with E-state index in [-0.39, 0.29) is 9.41 Å². The summed E-state index contributed by atoms with van der Waals surface area (Å²) in [4.78, 5) is 0. The minimum absolute atomic E-state index is 0. The molecule has 2 N–H and O–H groups in total. The zero-order valence-electron chi connectivity index (χ0n) is 19.1. The smallest absolute Gasteiger partial charge is 0.330 e. The molecule has 0 saturated heterocycles. The van der Waals surface area contributed by atoms with Crippen molar-refractivity contribution in [2.75, 3.05) is 6.54 Å². The molecule has 0 saturated carbocycles. The van der Waals surface area contributed by atoms with Crippen LogP contribution in [0.5, 0.6) is 0 Å². The average Bonchev–Trinajstić information content (AvgIpc) is 3.42. The van der Waals surface area contributed by atoms with Crippen molar-refractivity contribution in [1.29, 1.82) is 0 Å². The van der Waals surface area contributed by atoms with Gasteiger partial charge in [-0.15, -0.1) is 0 Å². The zero-order valence-corrected chi connectivity index (χ0v) is 19.1. The van der Waals surface area contributed by atoms with Crippen molar-refractivity contribution >= 4 is 43.6 Å². The lowest BCUT2D eigenvalue weighted by molar-refractivity contribution is -0.307. The van der Waals surface area contributed by atoms with Crippen LogP contribution in [-0.2, 0) is 0 Å². The van der Waals surface area contributed by atoms with Crippen molar-refractivity contribution in [1.82, 2.24) is 4.48 Å². The molecule has 6 heteroatoms. The molecule has 1 radical (unpaired) electrons. The van der Waals surface area contributed by atoms with Crippen molar-refractivity contribution in [3.8, 4) is 0 Å². The SMILES string of the molecule is Cc1cc(/C=C/c2ccc(/C=C/c3ccccc3)cc2)n2c1C(CCN)=C1C=CC=[N+]1[B]2.F.F. The number of nitrogens with zero attached hydrogens (tertiary/aromatic N) is 2. The summed E-state index contributed by atoms with van der Waals surface area (Å²) in [6, 6.07) is 21.3. The standard InChI is InChI=1S/C28H26BN3.2FH/c1-21-20-25(32-28(21)26(17-18-30)27-8-5-19-31(27)29-32)16-15-24-13-11-23(12-14-24)10-9-22-6-3-2-4-7-22;;/h2-16,19-20H,17-18,30H2,1H3;2*1H/q+1;;/b10-9+,16-15+;;. The molecule has 1 aromatic heterocycles. The Balaban J connectivity index is 0.00000162. The van der Waals surface area contributed by atoms with Gasteiger partial charge in [-0.25, -0.2) is 0 Å². The Morgan fingerprint density at radius 2 is 1.50 bits per heavy atom. The first-order valence-corrected chi connectivity index (χ1v) is 11.0. The van der Waals surface area contributed by atoms with E-state index >= 15 is 0 Å². The highest BCUT2D eigenvalue weighted by molar-refractivity contribution is 6.28. The van der Waals surface area contributed by atoms with Gasteiger partial charge in [0.15, 0.2) is 5.70 Å². The third-order valence-corrected chi connectivity index (χ3v) is 5.92. The Labute approximate surface area is 200 Å². The molecule has 0 bridgehead atoms. The number of fused-ring (bicyclic) bond motifs is 2. The Morgan fingerprint density at radius 1 is 0.882 bits per heavy atom. The first-order chi connectivity index (χ1) is 15.7. The average molecular weight is 455 g/mol. The summed E-state index contributed by atoms with van der Waals surface area (Å²) in [5.74, 6) is 0. The number of hydrogen-bond donors (Lipinski definition) is 1. The van der Waals surface area contributed by atoms with Gasteiger partial charge in [0.05, 0.1) is 0 Å². The maximum atomic E-state index is 5.93. The molecule has 3 aromatic rings. The van der Waals surface area contributed by atoms with Crippen molar-refractivity contribution in [2.24, 2.45) is 5.73 Å². The van der Waals surface area contributed by atoms with E-state index in [9.17, 15) is 0 Å². The van der Waals surface area contributed by atoms with Crippen LogP contribution in [-0.4, -0.2) is 29.3 Å². The van der Waals surface area contributed by atoms with Gasteiger partial charge in [0.25, 0.3) is 0 Å². The van der Waals surface area contributed by atoms with Crippen molar-refractivity contribution in [2.45, 2.75) is 13.3 Å². The molecule has 34 heavy (non-hydrogen) atoms. The molecule has 2 aromatic carbocycles. The number of aryl methyl sites for hydroxylation is 1. The fourth-order valence-corrected chi connectivity index (χ4v) is 4.36. The number of aromatic nitrogens is 1. The van der Waals surface area contributed by atoms with Gasteiger partial charge in [-0.1, -0.05) is 72.8 Å². The van der Waals surface area contributed by atoms with Crippen LogP contribution in [0.4, 0.5) is 9.41 Å². The number of nitrogens with two attached hydrogens (primary N) is 1. The van der Waals surface area contributed by atoms with Gasteiger partial charge in [-0.2, -0.15) is 0 Å². The zero-order chi connectivity index (χ0) is 21.9. The first-order valence-electron chi connectivity index (χ1n) is 11.0. The Hall–Kier alpha value is -3.77. The Bertz CT molecular complexity index is 1300. The van der Waals surface area contributed by atoms with E-state index in [4.69, 9.17) is 5.73 Å². The lowest BCUT2D eigenvalue weighted by Crippen LogP contribution is -2.30. The van der Waals surface area contributed by atoms with Crippen LogP contribution < -0.4 is 5.73 Å². The maximum Gasteiger partial charge on any atom is 0.699 e. The molecule has 3 heterocycles. The second kappa shape index (κ2) is 10.9. The predicted octanol–water partition coefficient (Wildman–Crippen LogP) is 5.55. The number of hydrogen-bond acceptors (Lipinski definition) is 1. The molecule has 0 aliphatic carbocycles. The molecule has 0 spiro atoms. The van der Waals surface area contributed by atoms with Gasteiger partial charge in [-0.3, -0.25) is 13.9 Å². The summed E-state index contributed by atoms with van der Waals surface area (Å²) in [7, 11) is 2.16. The van der Waals surface area contributed by atoms with Crippen LogP contribution in [0, 0.1) is 6.92 Å². The number of rotatable bonds is 6. The van der Waals surface area contributed by atoms with Crippen LogP contribution in [0.25, 0.3) is 29.9 Å². The van der Waals surface area contributed by atoms with E-state index in [1.54, 1.807) is 0 Å². The minimum Gasteiger partial charge on any atom is -0.330 e. The van der Waals surface area contributed by atoms with Gasteiger partial charge in [0.1, 0.15) is 6.21 Å². The summed E-state index contributed by atoms with van der Waals surface area (Å²) in [5.41, 5.74) is 15.8. The van der Waals surface area contributed by atoms with Crippen molar-refractivity contribution < 1.29 is 13.9 Å². The molecule has 171 valence electrons. The molecule has 2 aliphatic rings. The molecule has 3 nitrogen and oxygen atoms in total. The van der Waals surface area contributed by atoms with Gasteiger partial charge < -0.3 is 10.2 Å². The van der Waals surface area contributed by atoms with Gasteiger partial charge in [-0.05, 0) is 54.3 Å². The largest absolute Gasteiger partial charge is 0.699 e. The quantitative estimate of drug-likeness (QED) is 0.384. The topological polar surface area (TPSA) is 34.0 Å². The monoisotopic (exact) mass is 455 g/mol. The summed E-state index contributed by atoms with van der Waals surface area (Å²) >= 11 is 0.